The summed E-state index contributed by atoms with van der Waals surface area (Å²) in [6.07, 6.45) is 4.94. The number of nitrogens with zero attached hydrogens (tertiary/aromatic N) is 1. The number of nitrogens with one attached hydrogen (secondary N) is 1. The number of hydrogen-bond donors (Lipinski definition) is 1. The molecule has 1 aromatic carbocycles. The van der Waals surface area contributed by atoms with Gasteiger partial charge < -0.3 is 9.47 Å². The molecule has 23 heavy (non-hydrogen) atoms. The van der Waals surface area contributed by atoms with Gasteiger partial charge in [0, 0.05) is 14.9 Å². The van der Waals surface area contributed by atoms with Gasteiger partial charge in [0.15, 0.2) is 11.5 Å². The molecule has 2 aromatic rings. The minimum atomic E-state index is -0.169. The number of aryl methyl sites for hydroxylation is 2. The van der Waals surface area contributed by atoms with Crippen molar-refractivity contribution in [3.05, 3.63) is 43.6 Å². The minimum Gasteiger partial charge on any atom is -0.454 e. The number of hydrazone groups is 1. The molecule has 1 aromatic heterocycles. The molecule has 0 saturated carbocycles. The van der Waals surface area contributed by atoms with E-state index < -0.39 is 0 Å². The van der Waals surface area contributed by atoms with Crippen molar-refractivity contribution in [1.82, 2.24) is 5.43 Å². The van der Waals surface area contributed by atoms with Gasteiger partial charge in [0.05, 0.1) is 11.1 Å². The minimum absolute atomic E-state index is 0.169. The van der Waals surface area contributed by atoms with Gasteiger partial charge in [-0.2, -0.15) is 5.10 Å². The van der Waals surface area contributed by atoms with Crippen molar-refractivity contribution >= 4 is 39.4 Å². The first-order chi connectivity index (χ1) is 11.2. The van der Waals surface area contributed by atoms with Crippen LogP contribution in [0, 0.1) is 0 Å². The molecule has 1 amide bonds. The van der Waals surface area contributed by atoms with E-state index in [9.17, 15) is 4.79 Å². The van der Waals surface area contributed by atoms with Crippen LogP contribution in [0.2, 0.25) is 0 Å². The van der Waals surface area contributed by atoms with Gasteiger partial charge >= 0.3 is 0 Å². The number of rotatable bonds is 3. The van der Waals surface area contributed by atoms with Crippen LogP contribution >= 0.6 is 27.3 Å². The average molecular weight is 393 g/mol. The van der Waals surface area contributed by atoms with Crippen LogP contribution in [0.5, 0.6) is 11.5 Å². The van der Waals surface area contributed by atoms with Crippen LogP contribution in [0.15, 0.2) is 27.8 Å². The second-order valence-corrected chi connectivity index (χ2v) is 7.33. The summed E-state index contributed by atoms with van der Waals surface area (Å²) in [4.78, 5) is 14.2. The Morgan fingerprint density at radius 1 is 1.26 bits per heavy atom. The number of carbonyl (C=O) groups is 1. The molecule has 1 N–H and O–H groups in total. The summed E-state index contributed by atoms with van der Waals surface area (Å²) in [7, 11) is 0. The second kappa shape index (κ2) is 5.98. The third-order valence-electron chi connectivity index (χ3n) is 3.83. The van der Waals surface area contributed by atoms with Crippen molar-refractivity contribution in [1.29, 1.82) is 0 Å². The van der Waals surface area contributed by atoms with E-state index in [1.165, 1.54) is 16.9 Å². The molecule has 0 atom stereocenters. The Morgan fingerprint density at radius 3 is 2.91 bits per heavy atom. The summed E-state index contributed by atoms with van der Waals surface area (Å²) in [6.45, 7) is 0.224. The Kier molecular flexibility index (Phi) is 3.82. The predicted octanol–water partition coefficient (Wildman–Crippen LogP) is 3.49. The molecule has 0 bridgehead atoms. The van der Waals surface area contributed by atoms with Crippen molar-refractivity contribution < 1.29 is 14.3 Å². The molecule has 118 valence electrons. The predicted molar refractivity (Wildman–Crippen MR) is 91.7 cm³/mol. The van der Waals surface area contributed by atoms with Crippen LogP contribution in [-0.4, -0.2) is 18.9 Å². The number of halogens is 1. The van der Waals surface area contributed by atoms with Crippen molar-refractivity contribution in [2.24, 2.45) is 5.10 Å². The van der Waals surface area contributed by atoms with Crippen LogP contribution in [0.1, 0.15) is 32.1 Å². The zero-order valence-electron chi connectivity index (χ0n) is 12.1. The van der Waals surface area contributed by atoms with Gasteiger partial charge in [-0.25, -0.2) is 5.43 Å². The molecule has 4 rings (SSSR count). The standard InChI is InChI=1S/C16H13BrN2O3S/c17-11-6-13-12(21-8-22-13)4-10(11)7-18-19-16(20)15-5-9-2-1-3-14(9)23-15/h4-7H,1-3,8H2,(H,19,20)/b18-7-. The average Bonchev–Trinajstić information content (AvgIpc) is 3.21. The third kappa shape index (κ3) is 2.86. The Labute approximate surface area is 145 Å². The first kappa shape index (κ1) is 14.7. The Balaban J connectivity index is 1.46. The van der Waals surface area contributed by atoms with Crippen molar-refractivity contribution in [3.8, 4) is 11.5 Å². The van der Waals surface area contributed by atoms with Crippen LogP contribution in [0.4, 0.5) is 0 Å². The van der Waals surface area contributed by atoms with Crippen molar-refractivity contribution in [2.45, 2.75) is 19.3 Å². The summed E-state index contributed by atoms with van der Waals surface area (Å²) in [5, 5.41) is 4.04. The number of carbonyl (C=O) groups excluding carboxylic acids is 1. The highest BCUT2D eigenvalue weighted by Crippen LogP contribution is 2.36. The molecule has 1 aliphatic carbocycles. The largest absolute Gasteiger partial charge is 0.454 e. The van der Waals surface area contributed by atoms with Gasteiger partial charge in [-0.05, 0) is 59.0 Å². The van der Waals surface area contributed by atoms with E-state index in [0.29, 0.717) is 11.5 Å². The van der Waals surface area contributed by atoms with Crippen molar-refractivity contribution in [3.63, 3.8) is 0 Å². The molecule has 0 saturated heterocycles. The van der Waals surface area contributed by atoms with Crippen LogP contribution < -0.4 is 14.9 Å². The molecule has 2 heterocycles. The van der Waals surface area contributed by atoms with E-state index in [4.69, 9.17) is 9.47 Å². The molecule has 0 unspecified atom stereocenters. The zero-order chi connectivity index (χ0) is 15.8. The molecular weight excluding hydrogens is 380 g/mol. The highest BCUT2D eigenvalue weighted by atomic mass is 79.9. The van der Waals surface area contributed by atoms with Gasteiger partial charge in [0.1, 0.15) is 0 Å². The Morgan fingerprint density at radius 2 is 2.09 bits per heavy atom. The highest BCUT2D eigenvalue weighted by molar-refractivity contribution is 9.10. The maximum Gasteiger partial charge on any atom is 0.281 e. The monoisotopic (exact) mass is 392 g/mol. The molecule has 0 fully saturated rings. The fourth-order valence-electron chi connectivity index (χ4n) is 2.69. The normalized spacial score (nSPS) is 15.2. The molecular formula is C16H13BrN2O3S. The van der Waals surface area contributed by atoms with Gasteiger partial charge in [0.25, 0.3) is 5.91 Å². The van der Waals surface area contributed by atoms with Crippen LogP contribution in [0.25, 0.3) is 0 Å². The number of thiophene rings is 1. The van der Waals surface area contributed by atoms with Crippen molar-refractivity contribution in [2.75, 3.05) is 6.79 Å². The van der Waals surface area contributed by atoms with Gasteiger partial charge in [0.2, 0.25) is 6.79 Å². The number of ether oxygens (including phenoxy) is 2. The summed E-state index contributed by atoms with van der Waals surface area (Å²) in [5.74, 6) is 1.21. The number of hydrogen-bond acceptors (Lipinski definition) is 5. The molecule has 2 aliphatic rings. The first-order valence-electron chi connectivity index (χ1n) is 7.25. The zero-order valence-corrected chi connectivity index (χ0v) is 14.5. The number of amides is 1. The lowest BCUT2D eigenvalue weighted by Gasteiger charge is -2.01. The first-order valence-corrected chi connectivity index (χ1v) is 8.86. The second-order valence-electron chi connectivity index (χ2n) is 5.34. The van der Waals surface area contributed by atoms with E-state index in [-0.39, 0.29) is 12.7 Å². The lowest BCUT2D eigenvalue weighted by atomic mass is 10.2. The van der Waals surface area contributed by atoms with Gasteiger partial charge in [-0.1, -0.05) is 0 Å². The highest BCUT2D eigenvalue weighted by Gasteiger charge is 2.18. The van der Waals surface area contributed by atoms with Gasteiger partial charge in [-0.15, -0.1) is 11.3 Å². The summed E-state index contributed by atoms with van der Waals surface area (Å²) < 4.78 is 11.5. The molecule has 0 radical (unpaired) electrons. The Bertz CT molecular complexity index is 794. The SMILES string of the molecule is O=C(N/N=C\c1cc2c(cc1Br)OCO2)c1cc2c(s1)CCC2. The maximum atomic E-state index is 12.1. The molecule has 7 heteroatoms. The third-order valence-corrected chi connectivity index (χ3v) is 5.75. The quantitative estimate of drug-likeness (QED) is 0.642. The topological polar surface area (TPSA) is 59.9 Å². The lowest BCUT2D eigenvalue weighted by Crippen LogP contribution is -2.16. The number of benzene rings is 1. The van der Waals surface area contributed by atoms with Gasteiger partial charge in [-0.3, -0.25) is 4.79 Å². The lowest BCUT2D eigenvalue weighted by molar-refractivity contribution is 0.0959. The number of fused-ring (bicyclic) bond motifs is 2. The Hall–Kier alpha value is -1.86. The van der Waals surface area contributed by atoms with E-state index in [1.807, 2.05) is 18.2 Å². The summed E-state index contributed by atoms with van der Waals surface area (Å²) >= 11 is 5.02. The maximum absolute atomic E-state index is 12.1. The summed E-state index contributed by atoms with van der Waals surface area (Å²) in [6, 6.07) is 5.63. The molecule has 5 nitrogen and oxygen atoms in total. The van der Waals surface area contributed by atoms with E-state index in [0.717, 1.165) is 27.8 Å². The van der Waals surface area contributed by atoms with E-state index >= 15 is 0 Å². The molecule has 0 spiro atoms. The van der Waals surface area contributed by atoms with E-state index in [1.54, 1.807) is 17.6 Å². The fourth-order valence-corrected chi connectivity index (χ4v) is 4.26. The summed E-state index contributed by atoms with van der Waals surface area (Å²) in [5.41, 5.74) is 4.70. The van der Waals surface area contributed by atoms with Crippen LogP contribution in [0.3, 0.4) is 0 Å². The smallest absolute Gasteiger partial charge is 0.281 e. The fraction of sp³-hybridized carbons (Fsp3) is 0.250. The molecule has 1 aliphatic heterocycles. The van der Waals surface area contributed by atoms with Crippen LogP contribution in [-0.2, 0) is 12.8 Å². The van der Waals surface area contributed by atoms with E-state index in [2.05, 4.69) is 26.5 Å².